The van der Waals surface area contributed by atoms with Crippen molar-refractivity contribution in [1.29, 1.82) is 0 Å². The predicted octanol–water partition coefficient (Wildman–Crippen LogP) is -1.27. The first kappa shape index (κ1) is 31.9. The van der Waals surface area contributed by atoms with E-state index in [9.17, 15) is 29.1 Å². The third kappa shape index (κ3) is 13.6. The summed E-state index contributed by atoms with van der Waals surface area (Å²) in [6.07, 6.45) is 4.06. The lowest BCUT2D eigenvalue weighted by Gasteiger charge is -2.22. The largest absolute Gasteiger partial charge is 0.480 e. The molecule has 0 fully saturated rings. The molecule has 0 bridgehead atoms. The summed E-state index contributed by atoms with van der Waals surface area (Å²) < 4.78 is 0. The number of benzene rings is 1. The van der Waals surface area contributed by atoms with Gasteiger partial charge in [-0.1, -0.05) is 36.8 Å². The number of hydrogen-bond acceptors (Lipinski definition) is 8. The van der Waals surface area contributed by atoms with E-state index in [2.05, 4.69) is 21.3 Å². The summed E-state index contributed by atoms with van der Waals surface area (Å²) in [6.45, 7) is -0.296. The van der Waals surface area contributed by atoms with Gasteiger partial charge in [-0.2, -0.15) is 11.8 Å². The Labute approximate surface area is 221 Å². The van der Waals surface area contributed by atoms with Crippen LogP contribution < -0.4 is 32.7 Å². The number of carboxylic acids is 1. The van der Waals surface area contributed by atoms with E-state index in [-0.39, 0.29) is 19.4 Å². The Morgan fingerprint density at radius 2 is 1.57 bits per heavy atom. The molecule has 0 saturated heterocycles. The fourth-order valence-corrected chi connectivity index (χ4v) is 3.72. The number of nitrogens with one attached hydrogen (secondary N) is 4. The Hall–Kier alpha value is -3.16. The maximum Gasteiger partial charge on any atom is 0.326 e. The maximum atomic E-state index is 12.9. The van der Waals surface area contributed by atoms with Crippen molar-refractivity contribution >= 4 is 41.4 Å². The Bertz CT molecular complexity index is 888. The quantitative estimate of drug-likeness (QED) is 0.111. The van der Waals surface area contributed by atoms with Crippen molar-refractivity contribution < 1.29 is 29.1 Å². The van der Waals surface area contributed by atoms with Gasteiger partial charge in [-0.15, -0.1) is 0 Å². The highest BCUT2D eigenvalue weighted by molar-refractivity contribution is 7.98. The van der Waals surface area contributed by atoms with Gasteiger partial charge in [0.1, 0.15) is 12.1 Å². The van der Waals surface area contributed by atoms with Crippen molar-refractivity contribution in [2.45, 2.75) is 50.2 Å². The lowest BCUT2D eigenvalue weighted by molar-refractivity contribution is -0.142. The monoisotopic (exact) mass is 538 g/mol. The van der Waals surface area contributed by atoms with Gasteiger partial charge in [-0.25, -0.2) is 4.79 Å². The molecule has 1 aromatic carbocycles. The molecule has 3 atom stereocenters. The first-order valence-electron chi connectivity index (χ1n) is 12.0. The smallest absolute Gasteiger partial charge is 0.326 e. The minimum Gasteiger partial charge on any atom is -0.480 e. The maximum absolute atomic E-state index is 12.9. The van der Waals surface area contributed by atoms with Crippen molar-refractivity contribution in [3.63, 3.8) is 0 Å². The summed E-state index contributed by atoms with van der Waals surface area (Å²) in [7, 11) is 0. The number of nitrogens with two attached hydrogens (primary N) is 2. The highest BCUT2D eigenvalue weighted by atomic mass is 32.2. The molecule has 0 aliphatic rings. The van der Waals surface area contributed by atoms with E-state index in [0.29, 0.717) is 25.1 Å². The topological polar surface area (TPSA) is 206 Å². The zero-order valence-corrected chi connectivity index (χ0v) is 21.9. The SMILES string of the molecule is CSCC[C@H](NC(=O)[C@H](Cc1ccccc1)NC(=O)CNC(=O)CNC(=O)[C@@H](N)CCCCN)C(=O)O. The van der Waals surface area contributed by atoms with Gasteiger partial charge < -0.3 is 37.8 Å². The minimum absolute atomic E-state index is 0.124. The van der Waals surface area contributed by atoms with E-state index in [1.807, 2.05) is 6.26 Å². The van der Waals surface area contributed by atoms with Crippen LogP contribution in [0.2, 0.25) is 0 Å². The summed E-state index contributed by atoms with van der Waals surface area (Å²) in [4.78, 5) is 60.9. The summed E-state index contributed by atoms with van der Waals surface area (Å²) in [5.74, 6) is -3.01. The molecule has 0 aromatic heterocycles. The third-order valence-corrected chi connectivity index (χ3v) is 5.98. The van der Waals surface area contributed by atoms with Gasteiger partial charge in [0.25, 0.3) is 0 Å². The molecule has 0 radical (unpaired) electrons. The fourth-order valence-electron chi connectivity index (χ4n) is 3.25. The average molecular weight is 539 g/mol. The van der Waals surface area contributed by atoms with Crippen LogP contribution in [0, 0.1) is 0 Å². The van der Waals surface area contributed by atoms with Crippen LogP contribution >= 0.6 is 11.8 Å². The van der Waals surface area contributed by atoms with E-state index in [0.717, 1.165) is 12.0 Å². The van der Waals surface area contributed by atoms with Crippen LogP contribution in [0.4, 0.5) is 0 Å². The molecular weight excluding hydrogens is 500 g/mol. The molecular formula is C24H38N6O6S. The number of carbonyl (C=O) groups is 5. The second-order valence-electron chi connectivity index (χ2n) is 8.38. The molecule has 1 aromatic rings. The highest BCUT2D eigenvalue weighted by Crippen LogP contribution is 2.06. The number of carboxylic acid groups (broad SMARTS) is 1. The number of thioether (sulfide) groups is 1. The van der Waals surface area contributed by atoms with Gasteiger partial charge in [0, 0.05) is 6.42 Å². The number of amides is 4. The number of hydrogen-bond donors (Lipinski definition) is 7. The summed E-state index contributed by atoms with van der Waals surface area (Å²) >= 11 is 1.45. The Morgan fingerprint density at radius 3 is 2.19 bits per heavy atom. The van der Waals surface area contributed by atoms with E-state index in [4.69, 9.17) is 11.5 Å². The van der Waals surface area contributed by atoms with Crippen LogP contribution in [0.5, 0.6) is 0 Å². The molecule has 37 heavy (non-hydrogen) atoms. The normalized spacial score (nSPS) is 13.1. The first-order valence-corrected chi connectivity index (χ1v) is 13.4. The summed E-state index contributed by atoms with van der Waals surface area (Å²) in [6, 6.07) is 6.01. The van der Waals surface area contributed by atoms with E-state index >= 15 is 0 Å². The molecule has 0 aliphatic carbocycles. The van der Waals surface area contributed by atoms with Crippen LogP contribution in [0.3, 0.4) is 0 Å². The van der Waals surface area contributed by atoms with Crippen LogP contribution in [0.1, 0.15) is 31.2 Å². The Morgan fingerprint density at radius 1 is 0.892 bits per heavy atom. The molecule has 0 aliphatic heterocycles. The second kappa shape index (κ2) is 18.1. The third-order valence-electron chi connectivity index (χ3n) is 5.33. The van der Waals surface area contributed by atoms with Crippen molar-refractivity contribution in [1.82, 2.24) is 21.3 Å². The van der Waals surface area contributed by atoms with Gasteiger partial charge >= 0.3 is 5.97 Å². The van der Waals surface area contributed by atoms with Crippen LogP contribution in [0.15, 0.2) is 30.3 Å². The number of unbranched alkanes of at least 4 members (excludes halogenated alkanes) is 1. The van der Waals surface area contributed by atoms with Crippen molar-refractivity contribution in [3.8, 4) is 0 Å². The molecule has 1 rings (SSSR count). The minimum atomic E-state index is -1.17. The highest BCUT2D eigenvalue weighted by Gasteiger charge is 2.26. The molecule has 0 unspecified atom stereocenters. The van der Waals surface area contributed by atoms with Crippen molar-refractivity contribution in [3.05, 3.63) is 35.9 Å². The van der Waals surface area contributed by atoms with Gasteiger partial charge in [-0.05, 0) is 43.4 Å². The average Bonchev–Trinajstić information content (AvgIpc) is 2.88. The predicted molar refractivity (Wildman–Crippen MR) is 142 cm³/mol. The number of rotatable bonds is 18. The zero-order valence-electron chi connectivity index (χ0n) is 21.0. The molecule has 0 heterocycles. The Kier molecular flexibility index (Phi) is 15.6. The zero-order chi connectivity index (χ0) is 27.6. The van der Waals surface area contributed by atoms with E-state index in [1.165, 1.54) is 11.8 Å². The van der Waals surface area contributed by atoms with Gasteiger partial charge in [-0.3, -0.25) is 19.2 Å². The van der Waals surface area contributed by atoms with Crippen LogP contribution in [-0.4, -0.2) is 84.5 Å². The lowest BCUT2D eigenvalue weighted by atomic mass is 10.0. The lowest BCUT2D eigenvalue weighted by Crippen LogP contribution is -2.54. The molecule has 9 N–H and O–H groups in total. The summed E-state index contributed by atoms with van der Waals surface area (Å²) in [5, 5.41) is 19.2. The molecule has 4 amide bonds. The molecule has 0 spiro atoms. The summed E-state index contributed by atoms with van der Waals surface area (Å²) in [5.41, 5.74) is 11.9. The van der Waals surface area contributed by atoms with Crippen molar-refractivity contribution in [2.24, 2.45) is 11.5 Å². The van der Waals surface area contributed by atoms with E-state index in [1.54, 1.807) is 30.3 Å². The fraction of sp³-hybridized carbons (Fsp3) is 0.542. The number of aliphatic carboxylic acids is 1. The Balaban J connectivity index is 2.65. The first-order chi connectivity index (χ1) is 17.7. The van der Waals surface area contributed by atoms with E-state index < -0.39 is 54.3 Å². The second-order valence-corrected chi connectivity index (χ2v) is 9.36. The van der Waals surface area contributed by atoms with Crippen LogP contribution in [-0.2, 0) is 30.4 Å². The molecule has 0 saturated carbocycles. The van der Waals surface area contributed by atoms with Crippen molar-refractivity contribution in [2.75, 3.05) is 31.6 Å². The number of carbonyl (C=O) groups excluding carboxylic acids is 4. The standard InChI is InChI=1S/C24H38N6O6S/c1-37-12-10-18(24(35)36)30-23(34)19(13-16-7-3-2-4-8-16)29-21(32)15-27-20(31)14-28-22(33)17(26)9-5-6-11-25/h2-4,7-8,17-19H,5-6,9-15,25-26H2,1H3,(H,27,31)(H,28,33)(H,29,32)(H,30,34)(H,35,36)/t17-,18-,19-/m0/s1. The van der Waals surface area contributed by atoms with Gasteiger partial charge in [0.2, 0.25) is 23.6 Å². The molecule has 12 nitrogen and oxygen atoms in total. The molecule has 13 heteroatoms. The van der Waals surface area contributed by atoms with Gasteiger partial charge in [0.05, 0.1) is 19.1 Å². The molecule has 206 valence electrons. The van der Waals surface area contributed by atoms with Crippen LogP contribution in [0.25, 0.3) is 0 Å². The van der Waals surface area contributed by atoms with Gasteiger partial charge in [0.15, 0.2) is 0 Å².